The van der Waals surface area contributed by atoms with Crippen molar-refractivity contribution < 1.29 is 9.18 Å². The number of hydrogen-bond acceptors (Lipinski definition) is 1. The third-order valence-corrected chi connectivity index (χ3v) is 3.78. The molecule has 2 aromatic carbocycles. The van der Waals surface area contributed by atoms with E-state index in [2.05, 4.69) is 21.2 Å². The van der Waals surface area contributed by atoms with Gasteiger partial charge in [-0.3, -0.25) is 4.79 Å². The zero-order chi connectivity index (χ0) is 14.9. The second-order valence-corrected chi connectivity index (χ2v) is 5.78. The molecule has 0 aliphatic carbocycles. The van der Waals surface area contributed by atoms with Gasteiger partial charge in [-0.05, 0) is 65.2 Å². The maximum Gasteiger partial charge on any atom is 0.257 e. The monoisotopic (exact) mass is 355 g/mol. The van der Waals surface area contributed by atoms with Gasteiger partial charge < -0.3 is 5.32 Å². The van der Waals surface area contributed by atoms with Gasteiger partial charge in [-0.2, -0.15) is 0 Å². The third kappa shape index (κ3) is 3.19. The van der Waals surface area contributed by atoms with E-state index in [1.54, 1.807) is 0 Å². The summed E-state index contributed by atoms with van der Waals surface area (Å²) in [6.07, 6.45) is 0. The number of amides is 1. The topological polar surface area (TPSA) is 29.1 Å². The first-order chi connectivity index (χ1) is 9.38. The van der Waals surface area contributed by atoms with Gasteiger partial charge in [-0.1, -0.05) is 17.7 Å². The smallest absolute Gasteiger partial charge is 0.257 e. The molecule has 0 aliphatic rings. The lowest BCUT2D eigenvalue weighted by Crippen LogP contribution is -2.14. The second kappa shape index (κ2) is 5.94. The average molecular weight is 357 g/mol. The minimum Gasteiger partial charge on any atom is -0.321 e. The lowest BCUT2D eigenvalue weighted by molar-refractivity contribution is 0.102. The van der Waals surface area contributed by atoms with Crippen molar-refractivity contribution in [2.75, 3.05) is 5.32 Å². The van der Waals surface area contributed by atoms with Crippen molar-refractivity contribution in [2.45, 2.75) is 13.8 Å². The van der Waals surface area contributed by atoms with Crippen LogP contribution in [0.15, 0.2) is 34.8 Å². The van der Waals surface area contributed by atoms with Crippen LogP contribution in [0, 0.1) is 19.7 Å². The van der Waals surface area contributed by atoms with Crippen molar-refractivity contribution >= 4 is 39.1 Å². The summed E-state index contributed by atoms with van der Waals surface area (Å²) in [5.74, 6) is -0.845. The molecule has 1 amide bonds. The van der Waals surface area contributed by atoms with E-state index in [0.717, 1.165) is 21.7 Å². The number of nitrogens with one attached hydrogen (secondary N) is 1. The van der Waals surface area contributed by atoms with Gasteiger partial charge in [0.05, 0.1) is 16.3 Å². The molecule has 0 bridgehead atoms. The molecule has 104 valence electrons. The van der Waals surface area contributed by atoms with E-state index in [-0.39, 0.29) is 16.5 Å². The van der Waals surface area contributed by atoms with E-state index < -0.39 is 5.82 Å². The Bertz CT molecular complexity index is 665. The first kappa shape index (κ1) is 15.0. The lowest BCUT2D eigenvalue weighted by atomic mass is 10.1. The van der Waals surface area contributed by atoms with Crippen molar-refractivity contribution in [1.29, 1.82) is 0 Å². The van der Waals surface area contributed by atoms with E-state index in [1.165, 1.54) is 12.1 Å². The number of carbonyl (C=O) groups is 1. The predicted octanol–water partition coefficient (Wildman–Crippen LogP) is 5.11. The third-order valence-electron chi connectivity index (χ3n) is 2.85. The summed E-state index contributed by atoms with van der Waals surface area (Å²) in [7, 11) is 0. The molecule has 2 nitrogen and oxygen atoms in total. The van der Waals surface area contributed by atoms with E-state index in [1.807, 2.05) is 26.0 Å². The number of aryl methyl sites for hydroxylation is 2. The highest BCUT2D eigenvalue weighted by molar-refractivity contribution is 9.10. The van der Waals surface area contributed by atoms with Crippen molar-refractivity contribution in [2.24, 2.45) is 0 Å². The molecule has 0 unspecified atom stereocenters. The van der Waals surface area contributed by atoms with Crippen LogP contribution in [0.4, 0.5) is 10.1 Å². The van der Waals surface area contributed by atoms with Gasteiger partial charge in [0, 0.05) is 4.47 Å². The summed E-state index contributed by atoms with van der Waals surface area (Å²) in [6, 6.07) is 7.57. The number of rotatable bonds is 2. The first-order valence-corrected chi connectivity index (χ1v) is 7.08. The zero-order valence-electron chi connectivity index (χ0n) is 10.9. The molecular weight excluding hydrogens is 345 g/mol. The van der Waals surface area contributed by atoms with Crippen LogP contribution < -0.4 is 5.32 Å². The molecule has 0 saturated heterocycles. The van der Waals surface area contributed by atoms with Crippen LogP contribution in [-0.2, 0) is 0 Å². The molecular formula is C15H12BrClFNO. The number of anilines is 1. The largest absolute Gasteiger partial charge is 0.321 e. The second-order valence-electron chi connectivity index (χ2n) is 4.52. The summed E-state index contributed by atoms with van der Waals surface area (Å²) < 4.78 is 13.8. The molecule has 1 N–H and O–H groups in total. The highest BCUT2D eigenvalue weighted by Gasteiger charge is 2.14. The van der Waals surface area contributed by atoms with Crippen molar-refractivity contribution in [3.8, 4) is 0 Å². The van der Waals surface area contributed by atoms with Gasteiger partial charge >= 0.3 is 0 Å². The Kier molecular flexibility index (Phi) is 4.45. The predicted molar refractivity (Wildman–Crippen MR) is 83.0 cm³/mol. The highest BCUT2D eigenvalue weighted by Crippen LogP contribution is 2.29. The number of hydrogen-bond donors (Lipinski definition) is 1. The molecule has 5 heteroatoms. The van der Waals surface area contributed by atoms with Crippen LogP contribution in [-0.4, -0.2) is 5.91 Å². The van der Waals surface area contributed by atoms with Gasteiger partial charge in [-0.15, -0.1) is 0 Å². The van der Waals surface area contributed by atoms with E-state index in [9.17, 15) is 9.18 Å². The van der Waals surface area contributed by atoms with Gasteiger partial charge in [-0.25, -0.2) is 4.39 Å². The zero-order valence-corrected chi connectivity index (χ0v) is 13.3. The summed E-state index contributed by atoms with van der Waals surface area (Å²) >= 11 is 9.30. The van der Waals surface area contributed by atoms with E-state index >= 15 is 0 Å². The maximum atomic E-state index is 13.0. The normalized spacial score (nSPS) is 10.4. The summed E-state index contributed by atoms with van der Waals surface area (Å²) in [4.78, 5) is 12.2. The van der Waals surface area contributed by atoms with Crippen LogP contribution in [0.2, 0.25) is 5.02 Å². The van der Waals surface area contributed by atoms with Crippen molar-refractivity contribution in [3.63, 3.8) is 0 Å². The average Bonchev–Trinajstić information content (AvgIpc) is 2.33. The van der Waals surface area contributed by atoms with Crippen molar-refractivity contribution in [3.05, 3.63) is 62.3 Å². The summed E-state index contributed by atoms with van der Waals surface area (Å²) in [5, 5.41) is 2.88. The Morgan fingerprint density at radius 2 is 1.95 bits per heavy atom. The molecule has 0 spiro atoms. The molecule has 0 saturated carbocycles. The van der Waals surface area contributed by atoms with Crippen LogP contribution in [0.1, 0.15) is 21.5 Å². The fraction of sp³-hybridized carbons (Fsp3) is 0.133. The lowest BCUT2D eigenvalue weighted by Gasteiger charge is -2.12. The Morgan fingerprint density at radius 3 is 2.55 bits per heavy atom. The molecule has 0 aromatic heterocycles. The Hall–Kier alpha value is -1.39. The number of halogens is 3. The minimum atomic E-state index is -0.473. The molecule has 0 aliphatic heterocycles. The Morgan fingerprint density at radius 1 is 1.25 bits per heavy atom. The van der Waals surface area contributed by atoms with Crippen LogP contribution >= 0.6 is 27.5 Å². The quantitative estimate of drug-likeness (QED) is 0.796. The van der Waals surface area contributed by atoms with Gasteiger partial charge in [0.15, 0.2) is 0 Å². The van der Waals surface area contributed by atoms with Gasteiger partial charge in [0.1, 0.15) is 5.82 Å². The molecule has 2 aromatic rings. The molecule has 2 rings (SSSR count). The van der Waals surface area contributed by atoms with Crippen molar-refractivity contribution in [1.82, 2.24) is 0 Å². The fourth-order valence-corrected chi connectivity index (χ4v) is 2.95. The fourth-order valence-electron chi connectivity index (χ4n) is 1.93. The van der Waals surface area contributed by atoms with Crippen LogP contribution in [0.25, 0.3) is 0 Å². The summed E-state index contributed by atoms with van der Waals surface area (Å²) in [6.45, 7) is 3.87. The van der Waals surface area contributed by atoms with Crippen LogP contribution in [0.5, 0.6) is 0 Å². The highest BCUT2D eigenvalue weighted by atomic mass is 79.9. The molecule has 0 radical (unpaired) electrons. The van der Waals surface area contributed by atoms with Crippen LogP contribution in [0.3, 0.4) is 0 Å². The standard InChI is InChI=1S/C15H12BrClFNO/c1-8-5-9(2)14(12(16)6-8)19-15(20)11-4-3-10(18)7-13(11)17/h3-7H,1-2H3,(H,19,20). The first-order valence-electron chi connectivity index (χ1n) is 5.91. The number of carbonyl (C=O) groups excluding carboxylic acids is 1. The van der Waals surface area contributed by atoms with E-state index in [0.29, 0.717) is 5.69 Å². The van der Waals surface area contributed by atoms with E-state index in [4.69, 9.17) is 11.6 Å². The minimum absolute atomic E-state index is 0.0865. The van der Waals surface area contributed by atoms with Gasteiger partial charge in [0.2, 0.25) is 0 Å². The molecule has 0 atom stereocenters. The number of benzene rings is 2. The molecule has 20 heavy (non-hydrogen) atoms. The maximum absolute atomic E-state index is 13.0. The molecule has 0 heterocycles. The Balaban J connectivity index is 2.33. The summed E-state index contributed by atoms with van der Waals surface area (Å²) in [5.41, 5.74) is 2.94. The Labute approximate surface area is 130 Å². The SMILES string of the molecule is Cc1cc(C)c(NC(=O)c2ccc(F)cc2Cl)c(Br)c1. The van der Waals surface area contributed by atoms with Gasteiger partial charge in [0.25, 0.3) is 5.91 Å². The molecule has 0 fully saturated rings.